The lowest BCUT2D eigenvalue weighted by Crippen LogP contribution is -2.51. The number of aromatic nitrogens is 6. The Morgan fingerprint density at radius 1 is 1.07 bits per heavy atom. The van der Waals surface area contributed by atoms with E-state index in [0.29, 0.717) is 17.9 Å². The highest BCUT2D eigenvalue weighted by molar-refractivity contribution is 6.33. The van der Waals surface area contributed by atoms with Crippen molar-refractivity contribution in [2.45, 2.75) is 59.0 Å². The van der Waals surface area contributed by atoms with Crippen molar-refractivity contribution in [1.29, 1.82) is 0 Å². The summed E-state index contributed by atoms with van der Waals surface area (Å²) in [5, 5.41) is 17.3. The van der Waals surface area contributed by atoms with Crippen molar-refractivity contribution < 1.29 is 32.6 Å². The molecule has 2 aliphatic heterocycles. The first-order chi connectivity index (χ1) is 25.6. The highest BCUT2D eigenvalue weighted by Gasteiger charge is 2.34. The molecule has 1 saturated heterocycles. The molecule has 2 aromatic carbocycles. The molecule has 2 amide bonds. The number of carbonyl (C=O) groups is 2. The Morgan fingerprint density at radius 3 is 2.50 bits per heavy atom. The molecule has 0 atom stereocenters. The molecule has 0 spiro atoms. The lowest BCUT2D eigenvalue weighted by molar-refractivity contribution is -0.137. The van der Waals surface area contributed by atoms with Gasteiger partial charge in [-0.15, -0.1) is 5.10 Å². The summed E-state index contributed by atoms with van der Waals surface area (Å²) in [7, 11) is 0. The predicted molar refractivity (Wildman–Crippen MR) is 192 cm³/mol. The average Bonchev–Trinajstić information content (AvgIpc) is 3.72. The standard InChI is InChI=1S/C36H35ClF3N9O5/c1-5-26-29(46-10-12-47(13-11-46)32(52)28-30(51)19(2)41-18-42-28)33(53)49-34(44-31(45-49)20-6-7-21-17-54-35(3,4)23(21)14-20)48(26)16-27(50)43-25-9-8-22(15-24(25)37)36(38,39)40/h6-9,14-15,18,51H,5,10-13,16-17H2,1-4H3,(H,43,50). The van der Waals surface area contributed by atoms with Crippen LogP contribution < -0.4 is 15.8 Å². The zero-order valence-electron chi connectivity index (χ0n) is 29.7. The summed E-state index contributed by atoms with van der Waals surface area (Å²) < 4.78 is 48.4. The van der Waals surface area contributed by atoms with Gasteiger partial charge in [-0.05, 0) is 62.6 Å². The number of nitrogens with zero attached hydrogens (tertiary/aromatic N) is 8. The third kappa shape index (κ3) is 6.61. The molecule has 2 aliphatic rings. The number of amides is 2. The largest absolute Gasteiger partial charge is 0.504 e. The molecule has 0 aliphatic carbocycles. The van der Waals surface area contributed by atoms with Gasteiger partial charge in [-0.2, -0.15) is 22.7 Å². The molecule has 3 aromatic heterocycles. The number of aromatic hydroxyl groups is 1. The van der Waals surface area contributed by atoms with Crippen LogP contribution in [0.15, 0.2) is 47.5 Å². The fraction of sp³-hybridized carbons (Fsp3) is 0.361. The third-order valence-electron chi connectivity index (χ3n) is 9.73. The third-order valence-corrected chi connectivity index (χ3v) is 10.0. The van der Waals surface area contributed by atoms with Gasteiger partial charge in [-0.1, -0.05) is 30.7 Å². The number of hydrogen-bond acceptors (Lipinski definition) is 10. The van der Waals surface area contributed by atoms with Gasteiger partial charge in [0.25, 0.3) is 11.5 Å². The Hall–Kier alpha value is -5.55. The number of hydrogen-bond donors (Lipinski definition) is 2. The second-order valence-electron chi connectivity index (χ2n) is 13.5. The molecule has 0 saturated carbocycles. The molecule has 54 heavy (non-hydrogen) atoms. The van der Waals surface area contributed by atoms with Gasteiger partial charge >= 0.3 is 6.18 Å². The number of anilines is 2. The summed E-state index contributed by atoms with van der Waals surface area (Å²) in [6, 6.07) is 8.30. The smallest absolute Gasteiger partial charge is 0.416 e. The monoisotopic (exact) mass is 765 g/mol. The van der Waals surface area contributed by atoms with Gasteiger partial charge in [-0.25, -0.2) is 9.97 Å². The zero-order valence-corrected chi connectivity index (χ0v) is 30.4. The minimum atomic E-state index is -4.62. The van der Waals surface area contributed by atoms with E-state index in [0.717, 1.165) is 33.8 Å². The van der Waals surface area contributed by atoms with Crippen molar-refractivity contribution in [1.82, 2.24) is 34.0 Å². The van der Waals surface area contributed by atoms with Gasteiger partial charge in [0.15, 0.2) is 17.3 Å². The fourth-order valence-electron chi connectivity index (χ4n) is 6.82. The van der Waals surface area contributed by atoms with E-state index in [4.69, 9.17) is 21.3 Å². The van der Waals surface area contributed by atoms with Crippen LogP contribution in [0, 0.1) is 6.92 Å². The summed E-state index contributed by atoms with van der Waals surface area (Å²) >= 11 is 6.15. The molecule has 1 fully saturated rings. The van der Waals surface area contributed by atoms with Gasteiger partial charge in [0.05, 0.1) is 39.9 Å². The van der Waals surface area contributed by atoms with Gasteiger partial charge in [0, 0.05) is 31.7 Å². The minimum absolute atomic E-state index is 0.0270. The first-order valence-corrected chi connectivity index (χ1v) is 17.5. The van der Waals surface area contributed by atoms with Gasteiger partial charge in [0.1, 0.15) is 18.6 Å². The molecule has 5 heterocycles. The van der Waals surface area contributed by atoms with Crippen molar-refractivity contribution in [3.63, 3.8) is 0 Å². The molecule has 18 heteroatoms. The van der Waals surface area contributed by atoms with Crippen molar-refractivity contribution in [2.24, 2.45) is 0 Å². The summed E-state index contributed by atoms with van der Waals surface area (Å²) in [6.45, 7) is 8.15. The van der Waals surface area contributed by atoms with Crippen LogP contribution in [0.5, 0.6) is 5.75 Å². The maximum Gasteiger partial charge on any atom is 0.416 e. The average molecular weight is 766 g/mol. The summed E-state index contributed by atoms with van der Waals surface area (Å²) in [5.41, 5.74) is 1.41. The predicted octanol–water partition coefficient (Wildman–Crippen LogP) is 4.96. The van der Waals surface area contributed by atoms with Crippen LogP contribution in [0.1, 0.15) is 59.3 Å². The van der Waals surface area contributed by atoms with E-state index in [1.807, 2.05) is 43.9 Å². The number of fused-ring (bicyclic) bond motifs is 2. The Kier molecular flexibility index (Phi) is 9.33. The molecular formula is C36H35ClF3N9O5. The van der Waals surface area contributed by atoms with Crippen molar-refractivity contribution in [3.05, 3.63) is 91.9 Å². The van der Waals surface area contributed by atoms with Gasteiger partial charge in [-0.3, -0.25) is 14.4 Å². The van der Waals surface area contributed by atoms with E-state index in [2.05, 4.69) is 20.4 Å². The van der Waals surface area contributed by atoms with Crippen LogP contribution >= 0.6 is 11.6 Å². The number of rotatable bonds is 7. The number of benzene rings is 2. The molecule has 14 nitrogen and oxygen atoms in total. The maximum atomic E-state index is 14.4. The maximum absolute atomic E-state index is 14.4. The molecule has 5 aromatic rings. The Labute approximate surface area is 311 Å². The van der Waals surface area contributed by atoms with Gasteiger partial charge < -0.3 is 29.5 Å². The Balaban J connectivity index is 1.27. The van der Waals surface area contributed by atoms with E-state index in [1.54, 1.807) is 11.5 Å². The first kappa shape index (κ1) is 36.8. The second kappa shape index (κ2) is 13.7. The normalized spacial score (nSPS) is 15.5. The van der Waals surface area contributed by atoms with Crippen LogP contribution in [0.3, 0.4) is 0 Å². The molecule has 0 bridgehead atoms. The highest BCUT2D eigenvalue weighted by atomic mass is 35.5. The van der Waals surface area contributed by atoms with Crippen LogP contribution in [0.2, 0.25) is 5.02 Å². The van der Waals surface area contributed by atoms with Gasteiger partial charge in [0.2, 0.25) is 11.7 Å². The number of alkyl halides is 3. The summed E-state index contributed by atoms with van der Waals surface area (Å²) in [6.07, 6.45) is -3.15. The van der Waals surface area contributed by atoms with E-state index >= 15 is 0 Å². The highest BCUT2D eigenvalue weighted by Crippen LogP contribution is 2.38. The SMILES string of the molecule is CCc1c(N2CCN(C(=O)c3ncnc(C)c3O)CC2)c(=O)n2nc(-c3ccc4c(c3)C(C)(C)OC4)nc2n1CC(=O)Nc1ccc(C(F)(F)F)cc1Cl. The van der Waals surface area contributed by atoms with Crippen LogP contribution in [0.25, 0.3) is 17.2 Å². The van der Waals surface area contributed by atoms with Crippen molar-refractivity contribution in [3.8, 4) is 17.1 Å². The second-order valence-corrected chi connectivity index (χ2v) is 13.9. The zero-order chi connectivity index (χ0) is 38.7. The van der Waals surface area contributed by atoms with E-state index in [1.165, 1.54) is 11.2 Å². The molecule has 7 rings (SSSR count). The Bertz CT molecular complexity index is 2390. The molecule has 0 unspecified atom stereocenters. The number of nitrogens with one attached hydrogen (secondary N) is 1. The minimum Gasteiger partial charge on any atom is -0.504 e. The summed E-state index contributed by atoms with van der Waals surface area (Å²) in [5.74, 6) is -1.12. The summed E-state index contributed by atoms with van der Waals surface area (Å²) in [4.78, 5) is 57.3. The topological polar surface area (TPSA) is 160 Å². The number of aryl methyl sites for hydroxylation is 1. The number of halogens is 4. The van der Waals surface area contributed by atoms with E-state index < -0.39 is 41.3 Å². The lowest BCUT2D eigenvalue weighted by Gasteiger charge is -2.36. The molecule has 282 valence electrons. The Morgan fingerprint density at radius 2 is 1.81 bits per heavy atom. The molecular weight excluding hydrogens is 731 g/mol. The number of carbonyl (C=O) groups excluding carboxylic acids is 2. The van der Waals surface area contributed by atoms with E-state index in [-0.39, 0.29) is 77.7 Å². The van der Waals surface area contributed by atoms with Crippen molar-refractivity contribution >= 4 is 40.6 Å². The number of ether oxygens (including phenoxy) is 1. The number of piperazine rings is 1. The van der Waals surface area contributed by atoms with Crippen LogP contribution in [-0.4, -0.2) is 77.1 Å². The first-order valence-electron chi connectivity index (χ1n) is 17.1. The van der Waals surface area contributed by atoms with E-state index in [9.17, 15) is 32.7 Å². The van der Waals surface area contributed by atoms with Crippen molar-refractivity contribution in [2.75, 3.05) is 36.4 Å². The van der Waals surface area contributed by atoms with Crippen LogP contribution in [-0.2, 0) is 40.9 Å². The molecule has 0 radical (unpaired) electrons. The molecule has 2 N–H and O–H groups in total. The quantitative estimate of drug-likeness (QED) is 0.232. The lowest BCUT2D eigenvalue weighted by atomic mass is 9.94. The fourth-order valence-corrected chi connectivity index (χ4v) is 7.05. The van der Waals surface area contributed by atoms with Crippen LogP contribution in [0.4, 0.5) is 24.5 Å².